The highest BCUT2D eigenvalue weighted by atomic mass is 32.2. The summed E-state index contributed by atoms with van der Waals surface area (Å²) >= 11 is 0.709. The van der Waals surface area contributed by atoms with E-state index in [0.29, 0.717) is 17.8 Å². The van der Waals surface area contributed by atoms with Gasteiger partial charge in [-0.3, -0.25) is 4.79 Å². The van der Waals surface area contributed by atoms with E-state index >= 15 is 0 Å². The van der Waals surface area contributed by atoms with Crippen LogP contribution in [0.5, 0.6) is 0 Å². The van der Waals surface area contributed by atoms with Gasteiger partial charge in [0.25, 0.3) is 0 Å². The number of rotatable bonds is 4. The molecule has 3 amide bonds. The third kappa shape index (κ3) is 3.51. The molecule has 0 fully saturated rings. The van der Waals surface area contributed by atoms with Crippen LogP contribution in [-0.2, 0) is 14.6 Å². The van der Waals surface area contributed by atoms with Crippen LogP contribution in [-0.4, -0.2) is 55.3 Å². The number of imide groups is 1. The molecule has 1 heterocycles. The SMILES string of the molecule is CCCS(=O)(=O)c1nnc(N(C(C)=O)C(=O)N(C)C)s1. The van der Waals surface area contributed by atoms with Gasteiger partial charge in [0.1, 0.15) is 0 Å². The van der Waals surface area contributed by atoms with E-state index in [0.717, 1.165) is 4.90 Å². The Morgan fingerprint density at radius 1 is 1.25 bits per heavy atom. The molecule has 0 aliphatic heterocycles. The zero-order valence-electron chi connectivity index (χ0n) is 11.7. The summed E-state index contributed by atoms with van der Waals surface area (Å²) in [5, 5.41) is 7.15. The van der Waals surface area contributed by atoms with Gasteiger partial charge < -0.3 is 4.90 Å². The minimum Gasteiger partial charge on any atom is -0.330 e. The molecule has 8 nitrogen and oxygen atoms in total. The second-order valence-corrected chi connectivity index (χ2v) is 7.44. The number of anilines is 1. The molecule has 0 saturated heterocycles. The van der Waals surface area contributed by atoms with E-state index in [9.17, 15) is 18.0 Å². The predicted molar refractivity (Wildman–Crippen MR) is 74.5 cm³/mol. The van der Waals surface area contributed by atoms with Crippen molar-refractivity contribution in [3.05, 3.63) is 0 Å². The minimum absolute atomic E-state index is 0.0501. The number of hydrogen-bond donors (Lipinski definition) is 0. The quantitative estimate of drug-likeness (QED) is 0.759. The Bertz CT molecular complexity index is 609. The van der Waals surface area contributed by atoms with Gasteiger partial charge in [0.05, 0.1) is 5.75 Å². The molecular weight excluding hydrogens is 304 g/mol. The Morgan fingerprint density at radius 3 is 2.30 bits per heavy atom. The van der Waals surface area contributed by atoms with Crippen LogP contribution < -0.4 is 4.90 Å². The molecule has 1 aromatic heterocycles. The fraction of sp³-hybridized carbons (Fsp3) is 0.600. The number of hydrogen-bond acceptors (Lipinski definition) is 7. The lowest BCUT2D eigenvalue weighted by Gasteiger charge is -2.19. The zero-order chi connectivity index (χ0) is 15.5. The van der Waals surface area contributed by atoms with Crippen LogP contribution >= 0.6 is 11.3 Å². The van der Waals surface area contributed by atoms with Gasteiger partial charge in [0, 0.05) is 21.0 Å². The maximum absolute atomic E-state index is 11.9. The van der Waals surface area contributed by atoms with Crippen molar-refractivity contribution in [1.82, 2.24) is 15.1 Å². The summed E-state index contributed by atoms with van der Waals surface area (Å²) in [7, 11) is -0.552. The Morgan fingerprint density at radius 2 is 1.85 bits per heavy atom. The molecular formula is C10H16N4O4S2. The van der Waals surface area contributed by atoms with Crippen molar-refractivity contribution in [2.24, 2.45) is 0 Å². The number of urea groups is 1. The second-order valence-electron chi connectivity index (χ2n) is 4.20. The van der Waals surface area contributed by atoms with Crippen molar-refractivity contribution in [3.8, 4) is 0 Å². The summed E-state index contributed by atoms with van der Waals surface area (Å²) in [4.78, 5) is 25.4. The van der Waals surface area contributed by atoms with Crippen molar-refractivity contribution in [2.45, 2.75) is 24.6 Å². The normalized spacial score (nSPS) is 11.2. The maximum atomic E-state index is 11.9. The molecule has 0 unspecified atom stereocenters. The van der Waals surface area contributed by atoms with Gasteiger partial charge in [-0.15, -0.1) is 10.2 Å². The zero-order valence-corrected chi connectivity index (χ0v) is 13.3. The molecule has 1 rings (SSSR count). The number of carbonyl (C=O) groups is 2. The first-order valence-corrected chi connectivity index (χ1v) is 8.25. The third-order valence-electron chi connectivity index (χ3n) is 2.21. The second kappa shape index (κ2) is 6.27. The highest BCUT2D eigenvalue weighted by molar-refractivity contribution is 7.93. The lowest BCUT2D eigenvalue weighted by atomic mass is 10.6. The average molecular weight is 320 g/mol. The van der Waals surface area contributed by atoms with Crippen molar-refractivity contribution in [1.29, 1.82) is 0 Å². The van der Waals surface area contributed by atoms with Crippen LogP contribution in [0.25, 0.3) is 0 Å². The summed E-state index contributed by atoms with van der Waals surface area (Å²) < 4.78 is 23.5. The van der Waals surface area contributed by atoms with Gasteiger partial charge in [-0.25, -0.2) is 18.1 Å². The van der Waals surface area contributed by atoms with E-state index in [4.69, 9.17) is 0 Å². The van der Waals surface area contributed by atoms with E-state index in [-0.39, 0.29) is 15.2 Å². The monoisotopic (exact) mass is 320 g/mol. The van der Waals surface area contributed by atoms with Gasteiger partial charge >= 0.3 is 6.03 Å². The number of amides is 3. The topological polar surface area (TPSA) is 101 Å². The molecule has 10 heteroatoms. The van der Waals surface area contributed by atoms with E-state index in [1.54, 1.807) is 6.92 Å². The standard InChI is InChI=1S/C10H16N4O4S2/c1-5-6-20(17,18)9-12-11-8(19-9)14(7(2)15)10(16)13(3)4/h5-6H2,1-4H3. The van der Waals surface area contributed by atoms with Crippen molar-refractivity contribution in [3.63, 3.8) is 0 Å². The van der Waals surface area contributed by atoms with Gasteiger partial charge in [-0.2, -0.15) is 0 Å². The lowest BCUT2D eigenvalue weighted by molar-refractivity contribution is -0.116. The van der Waals surface area contributed by atoms with E-state index in [1.807, 2.05) is 0 Å². The molecule has 0 aliphatic rings. The van der Waals surface area contributed by atoms with Crippen LogP contribution in [0.4, 0.5) is 9.93 Å². The van der Waals surface area contributed by atoms with Crippen LogP contribution in [0, 0.1) is 0 Å². The van der Waals surface area contributed by atoms with Gasteiger partial charge in [-0.05, 0) is 6.42 Å². The van der Waals surface area contributed by atoms with Gasteiger partial charge in [0.2, 0.25) is 25.2 Å². The first-order valence-electron chi connectivity index (χ1n) is 5.79. The largest absolute Gasteiger partial charge is 0.332 e. The summed E-state index contributed by atoms with van der Waals surface area (Å²) in [5.74, 6) is -0.608. The molecule has 0 N–H and O–H groups in total. The Kier molecular flexibility index (Phi) is 5.17. The molecule has 0 radical (unpaired) electrons. The number of sulfone groups is 1. The first-order chi connectivity index (χ1) is 9.20. The highest BCUT2D eigenvalue weighted by Gasteiger charge is 2.28. The van der Waals surface area contributed by atoms with Gasteiger partial charge in [-0.1, -0.05) is 18.3 Å². The number of aromatic nitrogens is 2. The summed E-state index contributed by atoms with van der Waals surface area (Å²) in [5.41, 5.74) is 0. The fourth-order valence-electron chi connectivity index (χ4n) is 1.33. The van der Waals surface area contributed by atoms with Crippen LogP contribution in [0.2, 0.25) is 0 Å². The minimum atomic E-state index is -3.51. The predicted octanol–water partition coefficient (Wildman–Crippen LogP) is 0.756. The number of carbonyl (C=O) groups excluding carboxylic acids is 2. The molecule has 0 spiro atoms. The smallest absolute Gasteiger partial charge is 0.330 e. The van der Waals surface area contributed by atoms with E-state index in [2.05, 4.69) is 10.2 Å². The molecule has 0 bridgehead atoms. The summed E-state index contributed by atoms with van der Waals surface area (Å²) in [6.07, 6.45) is 0.449. The van der Waals surface area contributed by atoms with Crippen LogP contribution in [0.3, 0.4) is 0 Å². The van der Waals surface area contributed by atoms with Crippen molar-refractivity contribution in [2.75, 3.05) is 24.7 Å². The number of nitrogens with zero attached hydrogens (tertiary/aromatic N) is 4. The van der Waals surface area contributed by atoms with Gasteiger partial charge in [0.15, 0.2) is 0 Å². The van der Waals surface area contributed by atoms with Crippen LogP contribution in [0.1, 0.15) is 20.3 Å². The average Bonchev–Trinajstić information content (AvgIpc) is 2.78. The van der Waals surface area contributed by atoms with Crippen molar-refractivity contribution < 1.29 is 18.0 Å². The Labute approximate surface area is 121 Å². The molecule has 1 aromatic rings. The molecule has 0 aromatic carbocycles. The maximum Gasteiger partial charge on any atom is 0.332 e. The molecule has 0 aliphatic carbocycles. The van der Waals surface area contributed by atoms with E-state index in [1.165, 1.54) is 25.9 Å². The summed E-state index contributed by atoms with van der Waals surface area (Å²) in [6.45, 7) is 2.93. The lowest BCUT2D eigenvalue weighted by Crippen LogP contribution is -2.42. The third-order valence-corrected chi connectivity index (χ3v) is 5.49. The first kappa shape index (κ1) is 16.5. The van der Waals surface area contributed by atoms with Crippen molar-refractivity contribution >= 4 is 38.2 Å². The van der Waals surface area contributed by atoms with Crippen LogP contribution in [0.15, 0.2) is 4.34 Å². The highest BCUT2D eigenvalue weighted by Crippen LogP contribution is 2.25. The molecule has 112 valence electrons. The molecule has 0 saturated carbocycles. The van der Waals surface area contributed by atoms with E-state index < -0.39 is 21.8 Å². The Hall–Kier alpha value is -1.55. The fourth-order valence-corrected chi connectivity index (χ4v) is 3.80. The Balaban J connectivity index is 3.17. The summed E-state index contributed by atoms with van der Waals surface area (Å²) in [6, 6.07) is -0.604. The molecule has 0 atom stereocenters. The molecule has 20 heavy (non-hydrogen) atoms.